The molecule has 0 bridgehead atoms. The maximum Gasteiger partial charge on any atom is 0.266 e. The maximum absolute atomic E-state index is 13.4. The standard InChI is InChI=1S/C32H22N2O6S/c1-16-26-27(40-11-10-39-26)28(41-16)25-15-24(25)17-12-18(33-29(35)20-6-2-3-7-21(20)30(33)36)14-19(13-17)34-31(37)22-8-4-5-9-23(22)32(34)38/h2-9,12-14,24-25H,10-11,15H2,1H3. The number of amides is 4. The highest BCUT2D eigenvalue weighted by atomic mass is 32.1. The first-order chi connectivity index (χ1) is 19.9. The van der Waals surface area contributed by atoms with E-state index < -0.39 is 23.6 Å². The summed E-state index contributed by atoms with van der Waals surface area (Å²) in [5.74, 6) is 0.0580. The van der Waals surface area contributed by atoms with E-state index in [-0.39, 0.29) is 11.8 Å². The second kappa shape index (κ2) is 8.62. The van der Waals surface area contributed by atoms with Crippen molar-refractivity contribution in [2.24, 2.45) is 0 Å². The summed E-state index contributed by atoms with van der Waals surface area (Å²) in [4.78, 5) is 58.1. The zero-order valence-electron chi connectivity index (χ0n) is 21.9. The molecule has 4 aromatic rings. The van der Waals surface area contributed by atoms with Crippen molar-refractivity contribution in [3.63, 3.8) is 0 Å². The van der Waals surface area contributed by atoms with Crippen molar-refractivity contribution in [1.29, 1.82) is 0 Å². The molecule has 1 aromatic heterocycles. The van der Waals surface area contributed by atoms with Gasteiger partial charge in [-0.15, -0.1) is 11.3 Å². The molecule has 0 spiro atoms. The SMILES string of the molecule is Cc1sc(C2CC2c2cc(N3C(=O)c4ccccc4C3=O)cc(N3C(=O)c4ccccc4C3=O)c2)c2c1OCCO2. The Morgan fingerprint density at radius 3 is 1.61 bits per heavy atom. The van der Waals surface area contributed by atoms with Crippen molar-refractivity contribution >= 4 is 46.3 Å². The summed E-state index contributed by atoms with van der Waals surface area (Å²) < 4.78 is 11.8. The Kier molecular flexibility index (Phi) is 5.06. The lowest BCUT2D eigenvalue weighted by Gasteiger charge is -2.21. The molecule has 2 unspecified atom stereocenters. The highest BCUT2D eigenvalue weighted by Crippen LogP contribution is 2.62. The normalized spacial score (nSPS) is 20.5. The molecule has 0 N–H and O–H groups in total. The lowest BCUT2D eigenvalue weighted by atomic mass is 10.0. The Bertz CT molecular complexity index is 1690. The van der Waals surface area contributed by atoms with E-state index in [4.69, 9.17) is 9.47 Å². The van der Waals surface area contributed by atoms with Crippen molar-refractivity contribution in [1.82, 2.24) is 0 Å². The predicted molar refractivity (Wildman–Crippen MR) is 152 cm³/mol. The van der Waals surface area contributed by atoms with E-state index in [0.29, 0.717) is 46.8 Å². The summed E-state index contributed by atoms with van der Waals surface area (Å²) in [5.41, 5.74) is 2.80. The number of carbonyl (C=O) groups is 4. The highest BCUT2D eigenvalue weighted by Gasteiger charge is 2.46. The van der Waals surface area contributed by atoms with Gasteiger partial charge in [-0.1, -0.05) is 24.3 Å². The molecule has 1 saturated carbocycles. The molecule has 8 rings (SSSR count). The number of aryl methyl sites for hydroxylation is 1. The first-order valence-corrected chi connectivity index (χ1v) is 14.2. The van der Waals surface area contributed by atoms with Crippen molar-refractivity contribution in [3.05, 3.63) is 104 Å². The van der Waals surface area contributed by atoms with Crippen LogP contribution in [0.3, 0.4) is 0 Å². The number of hydrogen-bond acceptors (Lipinski definition) is 7. The molecular weight excluding hydrogens is 540 g/mol. The Balaban J connectivity index is 1.23. The van der Waals surface area contributed by atoms with Crippen LogP contribution >= 0.6 is 11.3 Å². The Morgan fingerprint density at radius 2 is 1.12 bits per heavy atom. The number of thiophene rings is 1. The van der Waals surface area contributed by atoms with E-state index in [1.807, 2.05) is 19.1 Å². The summed E-state index contributed by atoms with van der Waals surface area (Å²) in [6.07, 6.45) is 0.822. The quantitative estimate of drug-likeness (QED) is 0.296. The van der Waals surface area contributed by atoms with Gasteiger partial charge in [0, 0.05) is 10.8 Å². The summed E-state index contributed by atoms with van der Waals surface area (Å²) in [6, 6.07) is 18.7. The van der Waals surface area contributed by atoms with Gasteiger partial charge in [0.25, 0.3) is 23.6 Å². The minimum absolute atomic E-state index is 0.0479. The van der Waals surface area contributed by atoms with Crippen LogP contribution in [-0.4, -0.2) is 36.8 Å². The third kappa shape index (κ3) is 3.45. The summed E-state index contributed by atoms with van der Waals surface area (Å²) >= 11 is 1.66. The van der Waals surface area contributed by atoms with Gasteiger partial charge in [-0.2, -0.15) is 0 Å². The molecule has 4 heterocycles. The Morgan fingerprint density at radius 1 is 0.659 bits per heavy atom. The Labute approximate surface area is 238 Å². The molecule has 0 radical (unpaired) electrons. The lowest BCUT2D eigenvalue weighted by molar-refractivity contribution is 0.0912. The maximum atomic E-state index is 13.4. The molecule has 0 saturated heterocycles. The molecule has 1 fully saturated rings. The zero-order valence-corrected chi connectivity index (χ0v) is 22.7. The van der Waals surface area contributed by atoms with E-state index in [1.165, 1.54) is 0 Å². The molecule has 41 heavy (non-hydrogen) atoms. The van der Waals surface area contributed by atoms with Crippen molar-refractivity contribution in [2.75, 3.05) is 23.0 Å². The topological polar surface area (TPSA) is 93.2 Å². The monoisotopic (exact) mass is 562 g/mol. The third-order valence-corrected chi connectivity index (χ3v) is 9.37. The second-order valence-corrected chi connectivity index (χ2v) is 11.8. The van der Waals surface area contributed by atoms with Crippen LogP contribution < -0.4 is 19.3 Å². The number of hydrogen-bond donors (Lipinski definition) is 0. The van der Waals surface area contributed by atoms with Gasteiger partial charge in [0.05, 0.1) is 38.5 Å². The van der Waals surface area contributed by atoms with Crippen LogP contribution in [-0.2, 0) is 0 Å². The average molecular weight is 563 g/mol. The summed E-state index contributed by atoms with van der Waals surface area (Å²) in [6.45, 7) is 3.03. The fourth-order valence-electron chi connectivity index (χ4n) is 6.16. The second-order valence-electron chi connectivity index (χ2n) is 10.6. The predicted octanol–water partition coefficient (Wildman–Crippen LogP) is 5.70. The van der Waals surface area contributed by atoms with Crippen LogP contribution in [0.4, 0.5) is 11.4 Å². The van der Waals surface area contributed by atoms with E-state index in [2.05, 4.69) is 0 Å². The van der Waals surface area contributed by atoms with Gasteiger partial charge in [0.15, 0.2) is 11.5 Å². The van der Waals surface area contributed by atoms with Gasteiger partial charge in [0.2, 0.25) is 0 Å². The molecule has 9 heteroatoms. The van der Waals surface area contributed by atoms with E-state index in [1.54, 1.807) is 65.9 Å². The number of fused-ring (bicyclic) bond motifs is 3. The molecule has 1 aliphatic carbocycles. The molecule has 8 nitrogen and oxygen atoms in total. The number of rotatable bonds is 4. The largest absolute Gasteiger partial charge is 0.485 e. The van der Waals surface area contributed by atoms with E-state index in [9.17, 15) is 19.2 Å². The minimum Gasteiger partial charge on any atom is -0.485 e. The number of ether oxygens (including phenoxy) is 2. The van der Waals surface area contributed by atoms with Gasteiger partial charge >= 0.3 is 0 Å². The molecular formula is C32H22N2O6S. The van der Waals surface area contributed by atoms with Gasteiger partial charge < -0.3 is 9.47 Å². The van der Waals surface area contributed by atoms with Crippen LogP contribution in [0.2, 0.25) is 0 Å². The number of imide groups is 2. The van der Waals surface area contributed by atoms with E-state index in [0.717, 1.165) is 43.0 Å². The van der Waals surface area contributed by atoms with Gasteiger partial charge in [-0.3, -0.25) is 19.2 Å². The Hall–Kier alpha value is -4.76. The smallest absolute Gasteiger partial charge is 0.266 e. The average Bonchev–Trinajstić information content (AvgIpc) is 3.59. The van der Waals surface area contributed by atoms with Gasteiger partial charge in [0.1, 0.15) is 13.2 Å². The van der Waals surface area contributed by atoms with Crippen molar-refractivity contribution in [2.45, 2.75) is 25.2 Å². The number of nitrogens with zero attached hydrogens (tertiary/aromatic N) is 2. The van der Waals surface area contributed by atoms with Crippen molar-refractivity contribution in [3.8, 4) is 11.5 Å². The van der Waals surface area contributed by atoms with E-state index >= 15 is 0 Å². The number of anilines is 2. The molecule has 3 aromatic carbocycles. The van der Waals surface area contributed by atoms with Gasteiger partial charge in [-0.05, 0) is 67.3 Å². The minimum atomic E-state index is -0.433. The summed E-state index contributed by atoms with van der Waals surface area (Å²) in [5, 5.41) is 0. The number of benzene rings is 3. The zero-order chi connectivity index (χ0) is 28.0. The van der Waals surface area contributed by atoms with Crippen LogP contribution in [0.15, 0.2) is 66.7 Å². The fraction of sp³-hybridized carbons (Fsp3) is 0.188. The van der Waals surface area contributed by atoms with Crippen LogP contribution in [0, 0.1) is 6.92 Å². The first-order valence-electron chi connectivity index (χ1n) is 13.4. The fourth-order valence-corrected chi connectivity index (χ4v) is 7.39. The first kappa shape index (κ1) is 24.1. The van der Waals surface area contributed by atoms with Crippen LogP contribution in [0.25, 0.3) is 0 Å². The van der Waals surface area contributed by atoms with Crippen LogP contribution in [0.1, 0.15) is 75.0 Å². The lowest BCUT2D eigenvalue weighted by Crippen LogP contribution is -2.32. The molecule has 3 aliphatic heterocycles. The molecule has 4 aliphatic rings. The highest BCUT2D eigenvalue weighted by molar-refractivity contribution is 7.12. The summed E-state index contributed by atoms with van der Waals surface area (Å²) in [7, 11) is 0. The number of carbonyl (C=O) groups excluding carboxylic acids is 4. The van der Waals surface area contributed by atoms with Gasteiger partial charge in [-0.25, -0.2) is 9.80 Å². The van der Waals surface area contributed by atoms with Crippen LogP contribution in [0.5, 0.6) is 11.5 Å². The third-order valence-electron chi connectivity index (χ3n) is 8.17. The molecule has 202 valence electrons. The van der Waals surface area contributed by atoms with Crippen molar-refractivity contribution < 1.29 is 28.7 Å². The molecule has 4 amide bonds. The molecule has 2 atom stereocenters.